The first-order valence-corrected chi connectivity index (χ1v) is 12.2. The number of fused-ring (bicyclic) bond motifs is 1. The Hall–Kier alpha value is -3.96. The Morgan fingerprint density at radius 1 is 1.03 bits per heavy atom. The highest BCUT2D eigenvalue weighted by Crippen LogP contribution is 2.28. The molecule has 0 unspecified atom stereocenters. The monoisotopic (exact) mass is 517 g/mol. The molecule has 4 N–H and O–H groups in total. The Balaban J connectivity index is 0.000000378. The number of halogens is 3. The summed E-state index contributed by atoms with van der Waals surface area (Å²) in [6.45, 7) is 11.6. The largest absolute Gasteiger partial charge is 0.411 e. The number of nitrogens with one attached hydrogen (secondary N) is 4. The van der Waals surface area contributed by atoms with Crippen LogP contribution in [0.3, 0.4) is 0 Å². The van der Waals surface area contributed by atoms with Crippen LogP contribution >= 0.6 is 0 Å². The van der Waals surface area contributed by atoms with Gasteiger partial charge in [0.2, 0.25) is 11.8 Å². The third kappa shape index (κ3) is 8.29. The maximum absolute atomic E-state index is 11.1. The SMILES string of the molecule is C=C(C)C(F)(F)F.CC.CC.c1cc2c(NC3CCC3)nc(Nc3ccc(-c4nn[nH]n4)cc3)nc2[nH]1. The van der Waals surface area contributed by atoms with Gasteiger partial charge in [0, 0.05) is 29.1 Å². The second-order valence-corrected chi connectivity index (χ2v) is 7.62. The van der Waals surface area contributed by atoms with Gasteiger partial charge >= 0.3 is 6.18 Å². The lowest BCUT2D eigenvalue weighted by Crippen LogP contribution is -2.27. The fourth-order valence-electron chi connectivity index (χ4n) is 2.97. The van der Waals surface area contributed by atoms with Gasteiger partial charge in [-0.25, -0.2) is 0 Å². The molecule has 1 fully saturated rings. The summed E-state index contributed by atoms with van der Waals surface area (Å²) in [6, 6.07) is 10.2. The highest BCUT2D eigenvalue weighted by molar-refractivity contribution is 5.88. The van der Waals surface area contributed by atoms with Crippen molar-refractivity contribution in [3.63, 3.8) is 0 Å². The topological polar surface area (TPSA) is 120 Å². The number of rotatable bonds is 5. The van der Waals surface area contributed by atoms with Gasteiger partial charge in [-0.05, 0) is 61.7 Å². The molecule has 0 bridgehead atoms. The fourth-order valence-corrected chi connectivity index (χ4v) is 2.97. The van der Waals surface area contributed by atoms with E-state index in [1.54, 1.807) is 0 Å². The summed E-state index contributed by atoms with van der Waals surface area (Å²) in [6.07, 6.45) is 1.35. The van der Waals surface area contributed by atoms with Crippen molar-refractivity contribution in [2.75, 3.05) is 10.6 Å². The molecule has 4 aromatic rings. The van der Waals surface area contributed by atoms with Crippen molar-refractivity contribution < 1.29 is 13.2 Å². The van der Waals surface area contributed by atoms with E-state index < -0.39 is 11.7 Å². The van der Waals surface area contributed by atoms with Crippen LogP contribution in [0.5, 0.6) is 0 Å². The number of tetrazole rings is 1. The van der Waals surface area contributed by atoms with E-state index in [9.17, 15) is 13.2 Å². The van der Waals surface area contributed by atoms with Crippen molar-refractivity contribution in [3.8, 4) is 11.4 Å². The fraction of sp³-hybridized carbons (Fsp3) is 0.400. The molecule has 0 radical (unpaired) electrons. The molecular formula is C25H34F3N9. The Labute approximate surface area is 214 Å². The summed E-state index contributed by atoms with van der Waals surface area (Å²) < 4.78 is 33.2. The number of aromatic amines is 2. The summed E-state index contributed by atoms with van der Waals surface area (Å²) in [5.41, 5.74) is 1.83. The van der Waals surface area contributed by atoms with Crippen molar-refractivity contribution in [2.45, 2.75) is 66.1 Å². The molecular weight excluding hydrogens is 483 g/mol. The Bertz CT molecular complexity index is 1210. The van der Waals surface area contributed by atoms with Crippen molar-refractivity contribution in [1.29, 1.82) is 0 Å². The van der Waals surface area contributed by atoms with Crippen LogP contribution in [-0.2, 0) is 0 Å². The molecule has 200 valence electrons. The number of nitrogens with zero attached hydrogens (tertiary/aromatic N) is 5. The van der Waals surface area contributed by atoms with E-state index in [0.717, 1.165) is 35.0 Å². The molecule has 9 nitrogen and oxygen atoms in total. The van der Waals surface area contributed by atoms with Crippen LogP contribution in [-0.4, -0.2) is 47.8 Å². The van der Waals surface area contributed by atoms with E-state index in [2.05, 4.69) is 52.8 Å². The van der Waals surface area contributed by atoms with Gasteiger partial charge in [0.25, 0.3) is 0 Å². The molecule has 1 saturated carbocycles. The highest BCUT2D eigenvalue weighted by atomic mass is 19.4. The van der Waals surface area contributed by atoms with Crippen molar-refractivity contribution in [1.82, 2.24) is 35.6 Å². The third-order valence-corrected chi connectivity index (χ3v) is 5.09. The molecule has 1 aliphatic carbocycles. The first-order valence-electron chi connectivity index (χ1n) is 12.2. The van der Waals surface area contributed by atoms with Crippen LogP contribution in [0.4, 0.5) is 30.6 Å². The highest BCUT2D eigenvalue weighted by Gasteiger charge is 2.27. The summed E-state index contributed by atoms with van der Waals surface area (Å²) in [5, 5.41) is 21.8. The standard InChI is InChI=1S/C17H17N9.C4H5F3.2C2H6/c1-2-11(3-1)19-16-13-8-9-18-15(13)21-17(22-16)20-12-6-4-10(5-7-12)14-23-25-26-24-14;1-3(2)4(5,6)7;2*1-2/h4-9,11H,1-3H2,(H,23,24,25,26)(H3,18,19,20,21,22);1H2,2H3;2*1-2H3. The lowest BCUT2D eigenvalue weighted by Gasteiger charge is -2.27. The lowest BCUT2D eigenvalue weighted by molar-refractivity contribution is -0.0909. The smallest absolute Gasteiger partial charge is 0.367 e. The molecule has 0 atom stereocenters. The van der Waals surface area contributed by atoms with E-state index in [0.29, 0.717) is 17.8 Å². The Morgan fingerprint density at radius 2 is 1.68 bits per heavy atom. The number of hydrogen-bond donors (Lipinski definition) is 4. The molecule has 5 rings (SSSR count). The summed E-state index contributed by atoms with van der Waals surface area (Å²) in [5.74, 6) is 1.98. The molecule has 1 aliphatic rings. The second kappa shape index (κ2) is 14.0. The maximum atomic E-state index is 11.1. The van der Waals surface area contributed by atoms with Gasteiger partial charge in [-0.15, -0.1) is 10.2 Å². The Morgan fingerprint density at radius 3 is 2.19 bits per heavy atom. The molecule has 3 heterocycles. The second-order valence-electron chi connectivity index (χ2n) is 7.62. The zero-order chi connectivity index (χ0) is 27.4. The number of hydrogen-bond acceptors (Lipinski definition) is 7. The summed E-state index contributed by atoms with van der Waals surface area (Å²) in [4.78, 5) is 12.4. The van der Waals surface area contributed by atoms with E-state index in [4.69, 9.17) is 0 Å². The van der Waals surface area contributed by atoms with Crippen molar-refractivity contribution >= 4 is 28.5 Å². The summed E-state index contributed by atoms with van der Waals surface area (Å²) in [7, 11) is 0. The van der Waals surface area contributed by atoms with Crippen molar-refractivity contribution in [3.05, 3.63) is 48.7 Å². The van der Waals surface area contributed by atoms with Crippen LogP contribution in [0.1, 0.15) is 53.9 Å². The predicted molar refractivity (Wildman–Crippen MR) is 142 cm³/mol. The van der Waals surface area contributed by atoms with Gasteiger partial charge < -0.3 is 15.6 Å². The van der Waals surface area contributed by atoms with Gasteiger partial charge in [0.15, 0.2) is 0 Å². The molecule has 0 saturated heterocycles. The molecule has 37 heavy (non-hydrogen) atoms. The number of aromatic nitrogens is 7. The number of anilines is 3. The van der Waals surface area contributed by atoms with E-state index in [-0.39, 0.29) is 0 Å². The number of alkyl halides is 3. The van der Waals surface area contributed by atoms with E-state index >= 15 is 0 Å². The van der Waals surface area contributed by atoms with Crippen LogP contribution in [0, 0.1) is 0 Å². The minimum absolute atomic E-state index is 0.505. The van der Waals surface area contributed by atoms with Crippen LogP contribution < -0.4 is 10.6 Å². The van der Waals surface area contributed by atoms with Gasteiger partial charge in [-0.1, -0.05) is 34.3 Å². The molecule has 1 aromatic carbocycles. The maximum Gasteiger partial charge on any atom is 0.411 e. The number of allylic oxidation sites excluding steroid dienone is 1. The summed E-state index contributed by atoms with van der Waals surface area (Å²) >= 11 is 0. The minimum atomic E-state index is -4.19. The van der Waals surface area contributed by atoms with Gasteiger partial charge in [-0.3, -0.25) is 0 Å². The molecule has 0 aliphatic heterocycles. The first kappa shape index (κ1) is 29.3. The van der Waals surface area contributed by atoms with Crippen LogP contribution in [0.15, 0.2) is 48.7 Å². The predicted octanol–water partition coefficient (Wildman–Crippen LogP) is 7.02. The molecule has 0 amide bonds. The van der Waals surface area contributed by atoms with Gasteiger partial charge in [0.05, 0.1) is 5.39 Å². The quantitative estimate of drug-likeness (QED) is 0.210. The van der Waals surface area contributed by atoms with E-state index in [1.807, 2.05) is 64.2 Å². The third-order valence-electron chi connectivity index (χ3n) is 5.09. The zero-order valence-electron chi connectivity index (χ0n) is 21.7. The van der Waals surface area contributed by atoms with Crippen LogP contribution in [0.2, 0.25) is 0 Å². The van der Waals surface area contributed by atoms with E-state index in [1.165, 1.54) is 19.3 Å². The normalized spacial score (nSPS) is 12.5. The average molecular weight is 518 g/mol. The zero-order valence-corrected chi connectivity index (χ0v) is 21.7. The van der Waals surface area contributed by atoms with Gasteiger partial charge in [0.1, 0.15) is 11.5 Å². The van der Waals surface area contributed by atoms with Gasteiger partial charge in [-0.2, -0.15) is 28.4 Å². The Kier molecular flexibility index (Phi) is 11.0. The number of benzene rings is 1. The molecule has 0 spiro atoms. The molecule has 3 aromatic heterocycles. The van der Waals surface area contributed by atoms with Crippen LogP contribution in [0.25, 0.3) is 22.4 Å². The molecule has 12 heteroatoms. The minimum Gasteiger partial charge on any atom is -0.367 e. The number of H-pyrrole nitrogens is 2. The average Bonchev–Trinajstić information content (AvgIpc) is 3.57. The lowest BCUT2D eigenvalue weighted by atomic mass is 9.93. The first-order chi connectivity index (χ1) is 17.8. The van der Waals surface area contributed by atoms with Crippen molar-refractivity contribution in [2.24, 2.45) is 0 Å².